The van der Waals surface area contributed by atoms with Gasteiger partial charge in [-0.1, -0.05) is 187 Å². The fourth-order valence-electron chi connectivity index (χ4n) is 11.0. The summed E-state index contributed by atoms with van der Waals surface area (Å²) in [4.78, 5) is 0. The van der Waals surface area contributed by atoms with Crippen LogP contribution in [0.5, 0.6) is 0 Å². The summed E-state index contributed by atoms with van der Waals surface area (Å²) in [5.41, 5.74) is 19.7. The predicted molar refractivity (Wildman–Crippen MR) is 250 cm³/mol. The van der Waals surface area contributed by atoms with Crippen molar-refractivity contribution in [3.63, 3.8) is 0 Å². The summed E-state index contributed by atoms with van der Waals surface area (Å²) < 4.78 is 0. The van der Waals surface area contributed by atoms with Crippen molar-refractivity contribution in [1.82, 2.24) is 0 Å². The van der Waals surface area contributed by atoms with Gasteiger partial charge in [0.25, 0.3) is 0 Å². The molecule has 0 heterocycles. The van der Waals surface area contributed by atoms with Gasteiger partial charge < -0.3 is 0 Å². The van der Waals surface area contributed by atoms with Gasteiger partial charge in [0.2, 0.25) is 0 Å². The molecule has 0 amide bonds. The minimum atomic E-state index is -0.143. The first kappa shape index (κ1) is 35.0. The second kappa shape index (κ2) is 12.1. The number of allylic oxidation sites excluding steroid dienone is 6. The van der Waals surface area contributed by atoms with Crippen LogP contribution in [0, 0.1) is 0 Å². The lowest BCUT2D eigenvalue weighted by Crippen LogP contribution is -2.15. The maximum absolute atomic E-state index is 2.47. The van der Waals surface area contributed by atoms with Crippen LogP contribution in [0.4, 0.5) is 0 Å². The molecule has 0 fully saturated rings. The highest BCUT2D eigenvalue weighted by Crippen LogP contribution is 2.55. The van der Waals surface area contributed by atoms with E-state index in [0.717, 1.165) is 0 Å². The number of rotatable bonds is 2. The summed E-state index contributed by atoms with van der Waals surface area (Å²) in [5.74, 6) is 0. The Labute approximate surface area is 342 Å². The molecular weight excluding hydrogens is 697 g/mol. The van der Waals surface area contributed by atoms with Crippen molar-refractivity contribution in [2.24, 2.45) is 0 Å². The Morgan fingerprint density at radius 1 is 0.379 bits per heavy atom. The van der Waals surface area contributed by atoms with Gasteiger partial charge in [0.15, 0.2) is 0 Å². The average Bonchev–Trinajstić information content (AvgIpc) is 3.63. The summed E-state index contributed by atoms with van der Waals surface area (Å²) in [7, 11) is 0. The topological polar surface area (TPSA) is 0 Å². The van der Waals surface area contributed by atoms with Crippen LogP contribution < -0.4 is 0 Å². The van der Waals surface area contributed by atoms with E-state index in [1.54, 1.807) is 0 Å². The molecule has 11 rings (SSSR count). The Kier molecular flexibility index (Phi) is 7.32. The van der Waals surface area contributed by atoms with Gasteiger partial charge in [0, 0.05) is 16.2 Å². The fourth-order valence-corrected chi connectivity index (χ4v) is 11.0. The van der Waals surface area contributed by atoms with E-state index >= 15 is 0 Å². The first-order valence-corrected chi connectivity index (χ1v) is 20.9. The van der Waals surface area contributed by atoms with E-state index in [4.69, 9.17) is 0 Å². The predicted octanol–water partition coefficient (Wildman–Crippen LogP) is 15.8. The molecule has 0 N–H and O–H groups in total. The molecule has 0 atom stereocenters. The third-order valence-corrected chi connectivity index (χ3v) is 14.1. The number of hydrogen-bond acceptors (Lipinski definition) is 0. The maximum atomic E-state index is 2.47. The van der Waals surface area contributed by atoms with E-state index in [9.17, 15) is 0 Å². The maximum Gasteiger partial charge on any atom is 0.0165 e. The summed E-state index contributed by atoms with van der Waals surface area (Å²) in [6, 6.07) is 53.2. The highest BCUT2D eigenvalue weighted by atomic mass is 14.4. The molecule has 8 aromatic rings. The molecule has 3 aliphatic carbocycles. The van der Waals surface area contributed by atoms with E-state index < -0.39 is 0 Å². The molecule has 8 aromatic carbocycles. The smallest absolute Gasteiger partial charge is 0.0165 e. The lowest BCUT2D eigenvalue weighted by molar-refractivity contribution is 0.660. The van der Waals surface area contributed by atoms with Gasteiger partial charge in [-0.2, -0.15) is 0 Å². The Hall–Kier alpha value is -6.24. The summed E-state index contributed by atoms with van der Waals surface area (Å²) in [6.07, 6.45) is 9.32. The zero-order valence-electron chi connectivity index (χ0n) is 34.6. The van der Waals surface area contributed by atoms with Gasteiger partial charge in [-0.15, -0.1) is 0 Å². The third-order valence-electron chi connectivity index (χ3n) is 14.1. The number of benzene rings is 8. The minimum absolute atomic E-state index is 0.0839. The first-order chi connectivity index (χ1) is 27.9. The van der Waals surface area contributed by atoms with Gasteiger partial charge in [-0.25, -0.2) is 0 Å². The normalized spacial score (nSPS) is 18.5. The molecule has 0 nitrogen and oxygen atoms in total. The van der Waals surface area contributed by atoms with Crippen molar-refractivity contribution < 1.29 is 0 Å². The van der Waals surface area contributed by atoms with Crippen LogP contribution in [0.2, 0.25) is 0 Å². The molecule has 0 heteroatoms. The largest absolute Gasteiger partial charge is 0.0738 e. The number of hydrogen-bond donors (Lipinski definition) is 0. The Bertz CT molecular complexity index is 3150. The van der Waals surface area contributed by atoms with Crippen LogP contribution in [-0.4, -0.2) is 0 Å². The summed E-state index contributed by atoms with van der Waals surface area (Å²) >= 11 is 0. The Morgan fingerprint density at radius 2 is 0.879 bits per heavy atom. The molecule has 0 unspecified atom stereocenters. The number of fused-ring (bicyclic) bond motifs is 14. The fraction of sp³-hybridized carbons (Fsp3) is 0.172. The van der Waals surface area contributed by atoms with Crippen molar-refractivity contribution in [2.45, 2.75) is 64.7 Å². The molecule has 0 saturated carbocycles. The van der Waals surface area contributed by atoms with Crippen molar-refractivity contribution >= 4 is 43.5 Å². The van der Waals surface area contributed by atoms with Gasteiger partial charge in [0.1, 0.15) is 0 Å². The molecule has 280 valence electrons. The molecule has 0 spiro atoms. The molecule has 58 heavy (non-hydrogen) atoms. The summed E-state index contributed by atoms with van der Waals surface area (Å²) in [6.45, 7) is 16.5. The minimum Gasteiger partial charge on any atom is -0.0738 e. The Balaban J connectivity index is 1.04. The van der Waals surface area contributed by atoms with Crippen LogP contribution in [0.25, 0.3) is 76.8 Å². The standard InChI is InChI=1S/C58H48/c1-35-20-21-36(30-31-56(2,3)50-19-13-12-14-40(35)50)37-22-27-51-48(32-37)49-34-39(23-28-52(49)57(51,4)5)38-24-29-53-47(33-38)46-26-25-45-43-17-9-8-15-41(43)42-16-10-11-18-44(42)54(45)55(46)58(53,6)7/h8-34H,1-7H3/b31-30?,35-20+,36-21+. The molecule has 0 saturated heterocycles. The van der Waals surface area contributed by atoms with Gasteiger partial charge in [-0.3, -0.25) is 0 Å². The highest BCUT2D eigenvalue weighted by Gasteiger charge is 2.39. The Morgan fingerprint density at radius 3 is 1.53 bits per heavy atom. The van der Waals surface area contributed by atoms with Crippen molar-refractivity contribution in [3.8, 4) is 33.4 Å². The highest BCUT2D eigenvalue weighted by molar-refractivity contribution is 6.27. The molecule has 0 radical (unpaired) electrons. The summed E-state index contributed by atoms with van der Waals surface area (Å²) in [5, 5.41) is 8.06. The monoisotopic (exact) mass is 744 g/mol. The van der Waals surface area contributed by atoms with Crippen molar-refractivity contribution in [3.05, 3.63) is 203 Å². The van der Waals surface area contributed by atoms with Crippen LogP contribution in [0.1, 0.15) is 87.4 Å². The average molecular weight is 745 g/mol. The van der Waals surface area contributed by atoms with E-state index in [1.807, 2.05) is 0 Å². The van der Waals surface area contributed by atoms with Crippen LogP contribution in [-0.2, 0) is 16.2 Å². The third kappa shape index (κ3) is 4.88. The van der Waals surface area contributed by atoms with Gasteiger partial charge in [0.05, 0.1) is 0 Å². The SMILES string of the molecule is C/C1=C\C=C(\c2ccc3c(c2)-c2cc(-c4ccc5c(c4)-c4ccc6c7ccccc7c7ccccc7c6c4C5(C)C)ccc2C3(C)C)C=CC(C)(C)c2ccccc21. The van der Waals surface area contributed by atoms with E-state index in [1.165, 1.54) is 116 Å². The lowest BCUT2D eigenvalue weighted by Gasteiger charge is -2.25. The van der Waals surface area contributed by atoms with Gasteiger partial charge >= 0.3 is 0 Å². The zero-order chi connectivity index (χ0) is 39.7. The molecular formula is C58H48. The molecule has 0 bridgehead atoms. The van der Waals surface area contributed by atoms with Crippen molar-refractivity contribution in [1.29, 1.82) is 0 Å². The van der Waals surface area contributed by atoms with E-state index in [2.05, 4.69) is 212 Å². The van der Waals surface area contributed by atoms with E-state index in [-0.39, 0.29) is 16.2 Å². The van der Waals surface area contributed by atoms with Crippen LogP contribution in [0.3, 0.4) is 0 Å². The van der Waals surface area contributed by atoms with E-state index in [0.29, 0.717) is 0 Å². The van der Waals surface area contributed by atoms with Crippen LogP contribution in [0.15, 0.2) is 164 Å². The zero-order valence-corrected chi connectivity index (χ0v) is 34.6. The van der Waals surface area contributed by atoms with Crippen LogP contribution >= 0.6 is 0 Å². The first-order valence-electron chi connectivity index (χ1n) is 20.9. The second-order valence-electron chi connectivity index (χ2n) is 18.6. The van der Waals surface area contributed by atoms with Gasteiger partial charge in [-0.05, 0) is 141 Å². The molecule has 0 aromatic heterocycles. The lowest BCUT2D eigenvalue weighted by atomic mass is 9.78. The molecule has 3 aliphatic rings. The quantitative estimate of drug-likeness (QED) is 0.155. The molecule has 0 aliphatic heterocycles. The van der Waals surface area contributed by atoms with Crippen molar-refractivity contribution in [2.75, 3.05) is 0 Å². The second-order valence-corrected chi connectivity index (χ2v) is 18.6.